The lowest BCUT2D eigenvalue weighted by Gasteiger charge is -2.12. The number of methoxy groups -OCH3 is 1. The van der Waals surface area contributed by atoms with Crippen molar-refractivity contribution in [2.75, 3.05) is 30.9 Å². The van der Waals surface area contributed by atoms with E-state index in [0.717, 1.165) is 17.1 Å². The molecule has 0 unspecified atom stereocenters. The maximum absolute atomic E-state index is 6.06. The van der Waals surface area contributed by atoms with Crippen LogP contribution in [0, 0.1) is 0 Å². The zero-order chi connectivity index (χ0) is 17.5. The van der Waals surface area contributed by atoms with E-state index in [9.17, 15) is 0 Å². The fourth-order valence-corrected chi connectivity index (χ4v) is 2.50. The largest absolute Gasteiger partial charge is 0.383 e. The van der Waals surface area contributed by atoms with Gasteiger partial charge >= 0.3 is 0 Å². The summed E-state index contributed by atoms with van der Waals surface area (Å²) in [7, 11) is 1.67. The normalized spacial score (nSPS) is 10.5. The van der Waals surface area contributed by atoms with Gasteiger partial charge in [-0.3, -0.25) is 0 Å². The third-order valence-electron chi connectivity index (χ3n) is 3.47. The third kappa shape index (κ3) is 4.92. The molecule has 0 saturated heterocycles. The van der Waals surface area contributed by atoms with E-state index in [0.29, 0.717) is 29.8 Å². The number of hydrogen-bond acceptors (Lipinski definition) is 5. The number of halogens is 1. The number of nitrogens with zero attached hydrogens (tertiary/aromatic N) is 2. The van der Waals surface area contributed by atoms with Crippen LogP contribution < -0.4 is 10.6 Å². The van der Waals surface area contributed by atoms with Crippen LogP contribution in [-0.2, 0) is 4.74 Å². The maximum atomic E-state index is 6.06. The summed E-state index contributed by atoms with van der Waals surface area (Å²) < 4.78 is 5.08. The minimum absolute atomic E-state index is 0.599. The Hall–Kier alpha value is -2.63. The van der Waals surface area contributed by atoms with Gasteiger partial charge in [-0.2, -0.15) is 0 Å². The van der Waals surface area contributed by atoms with Crippen molar-refractivity contribution in [3.05, 3.63) is 65.7 Å². The second-order valence-electron chi connectivity index (χ2n) is 5.38. The molecule has 0 spiro atoms. The van der Waals surface area contributed by atoms with Gasteiger partial charge in [0.15, 0.2) is 5.82 Å². The summed E-state index contributed by atoms with van der Waals surface area (Å²) in [6, 6.07) is 19.2. The highest BCUT2D eigenvalue weighted by Crippen LogP contribution is 2.24. The van der Waals surface area contributed by atoms with Gasteiger partial charge in [0.2, 0.25) is 0 Å². The molecule has 0 amide bonds. The molecular weight excluding hydrogens is 336 g/mol. The van der Waals surface area contributed by atoms with Crippen LogP contribution >= 0.6 is 11.6 Å². The van der Waals surface area contributed by atoms with Crippen molar-refractivity contribution in [2.45, 2.75) is 0 Å². The third-order valence-corrected chi connectivity index (χ3v) is 3.70. The van der Waals surface area contributed by atoms with Crippen molar-refractivity contribution < 1.29 is 4.74 Å². The Bertz CT molecular complexity index is 827. The van der Waals surface area contributed by atoms with Crippen LogP contribution in [-0.4, -0.2) is 30.2 Å². The predicted octanol–water partition coefficient (Wildman–Crippen LogP) is 4.60. The molecule has 3 rings (SSSR count). The van der Waals surface area contributed by atoms with Gasteiger partial charge in [-0.15, -0.1) is 0 Å². The molecule has 0 saturated carbocycles. The van der Waals surface area contributed by atoms with E-state index >= 15 is 0 Å². The van der Waals surface area contributed by atoms with Crippen LogP contribution in [0.25, 0.3) is 11.4 Å². The smallest absolute Gasteiger partial charge is 0.163 e. The summed E-state index contributed by atoms with van der Waals surface area (Å²) in [4.78, 5) is 9.21. The maximum Gasteiger partial charge on any atom is 0.163 e. The first kappa shape index (κ1) is 17.2. The SMILES string of the molecule is COCCNc1cc(Nc2cccc(Cl)c2)nc(-c2ccccc2)n1. The van der Waals surface area contributed by atoms with Gasteiger partial charge in [0, 0.05) is 36.0 Å². The molecule has 0 aliphatic heterocycles. The highest BCUT2D eigenvalue weighted by atomic mass is 35.5. The number of hydrogen-bond donors (Lipinski definition) is 2. The van der Waals surface area contributed by atoms with Crippen molar-refractivity contribution >= 4 is 28.9 Å². The lowest BCUT2D eigenvalue weighted by atomic mass is 10.2. The van der Waals surface area contributed by atoms with E-state index in [2.05, 4.69) is 20.6 Å². The zero-order valence-corrected chi connectivity index (χ0v) is 14.6. The summed E-state index contributed by atoms with van der Waals surface area (Å²) in [5, 5.41) is 7.20. The average molecular weight is 355 g/mol. The van der Waals surface area contributed by atoms with Crippen LogP contribution in [0.3, 0.4) is 0 Å². The Kier molecular flexibility index (Phi) is 5.82. The topological polar surface area (TPSA) is 59.1 Å². The van der Waals surface area contributed by atoms with Crippen LogP contribution in [0.1, 0.15) is 0 Å². The molecule has 1 heterocycles. The fraction of sp³-hybridized carbons (Fsp3) is 0.158. The lowest BCUT2D eigenvalue weighted by molar-refractivity contribution is 0.210. The minimum atomic E-state index is 0.599. The van der Waals surface area contributed by atoms with Gasteiger partial charge in [-0.05, 0) is 18.2 Å². The second-order valence-corrected chi connectivity index (χ2v) is 5.82. The lowest BCUT2D eigenvalue weighted by Crippen LogP contribution is -2.10. The molecule has 128 valence electrons. The molecular formula is C19H19ClN4O. The van der Waals surface area contributed by atoms with Gasteiger partial charge in [-0.1, -0.05) is 48.0 Å². The highest BCUT2D eigenvalue weighted by molar-refractivity contribution is 6.30. The summed E-state index contributed by atoms with van der Waals surface area (Å²) in [6.45, 7) is 1.26. The number of nitrogens with one attached hydrogen (secondary N) is 2. The molecule has 5 nitrogen and oxygen atoms in total. The molecule has 2 N–H and O–H groups in total. The predicted molar refractivity (Wildman–Crippen MR) is 103 cm³/mol. The fourth-order valence-electron chi connectivity index (χ4n) is 2.31. The number of anilines is 3. The first-order chi connectivity index (χ1) is 12.2. The molecule has 0 atom stereocenters. The average Bonchev–Trinajstić information content (AvgIpc) is 2.63. The van der Waals surface area contributed by atoms with Crippen LogP contribution in [0.2, 0.25) is 5.02 Å². The Labute approximate surface area is 152 Å². The molecule has 3 aromatic rings. The van der Waals surface area contributed by atoms with E-state index in [1.807, 2.05) is 60.7 Å². The quantitative estimate of drug-likeness (QED) is 0.607. The van der Waals surface area contributed by atoms with Crippen LogP contribution in [0.5, 0.6) is 0 Å². The summed E-state index contributed by atoms with van der Waals surface area (Å²) in [5.74, 6) is 2.07. The summed E-state index contributed by atoms with van der Waals surface area (Å²) >= 11 is 6.06. The first-order valence-electron chi connectivity index (χ1n) is 7.94. The molecule has 1 aromatic heterocycles. The minimum Gasteiger partial charge on any atom is -0.383 e. The van der Waals surface area contributed by atoms with E-state index in [1.165, 1.54) is 0 Å². The number of aromatic nitrogens is 2. The zero-order valence-electron chi connectivity index (χ0n) is 13.9. The van der Waals surface area contributed by atoms with Crippen molar-refractivity contribution in [3.8, 4) is 11.4 Å². The summed E-state index contributed by atoms with van der Waals surface area (Å²) in [6.07, 6.45) is 0. The van der Waals surface area contributed by atoms with Gasteiger partial charge < -0.3 is 15.4 Å². The van der Waals surface area contributed by atoms with E-state index < -0.39 is 0 Å². The van der Waals surface area contributed by atoms with Crippen LogP contribution in [0.4, 0.5) is 17.3 Å². The number of rotatable bonds is 7. The van der Waals surface area contributed by atoms with Crippen molar-refractivity contribution in [1.29, 1.82) is 0 Å². The van der Waals surface area contributed by atoms with E-state index in [-0.39, 0.29) is 0 Å². The van der Waals surface area contributed by atoms with Gasteiger partial charge in [-0.25, -0.2) is 9.97 Å². The molecule has 0 fully saturated rings. The summed E-state index contributed by atoms with van der Waals surface area (Å²) in [5.41, 5.74) is 1.82. The van der Waals surface area contributed by atoms with Crippen molar-refractivity contribution in [3.63, 3.8) is 0 Å². The number of ether oxygens (including phenoxy) is 1. The first-order valence-corrected chi connectivity index (χ1v) is 8.32. The molecule has 0 radical (unpaired) electrons. The monoisotopic (exact) mass is 354 g/mol. The molecule has 2 aromatic carbocycles. The van der Waals surface area contributed by atoms with Crippen molar-refractivity contribution in [1.82, 2.24) is 9.97 Å². The van der Waals surface area contributed by atoms with E-state index in [1.54, 1.807) is 7.11 Å². The Balaban J connectivity index is 1.91. The standard InChI is InChI=1S/C19H19ClN4O/c1-25-11-10-21-17-13-18(22-16-9-5-8-15(20)12-16)24-19(23-17)14-6-3-2-4-7-14/h2-9,12-13H,10-11H2,1H3,(H2,21,22,23,24). The molecule has 0 aliphatic rings. The van der Waals surface area contributed by atoms with E-state index in [4.69, 9.17) is 16.3 Å². The van der Waals surface area contributed by atoms with Crippen molar-refractivity contribution in [2.24, 2.45) is 0 Å². The Morgan fingerprint density at radius 3 is 2.52 bits per heavy atom. The van der Waals surface area contributed by atoms with Crippen LogP contribution in [0.15, 0.2) is 60.7 Å². The molecule has 6 heteroatoms. The molecule has 25 heavy (non-hydrogen) atoms. The second kappa shape index (κ2) is 8.46. The van der Waals surface area contributed by atoms with Gasteiger partial charge in [0.1, 0.15) is 11.6 Å². The van der Waals surface area contributed by atoms with Gasteiger partial charge in [0.05, 0.1) is 6.61 Å². The number of benzene rings is 2. The molecule has 0 bridgehead atoms. The highest BCUT2D eigenvalue weighted by Gasteiger charge is 2.07. The Morgan fingerprint density at radius 1 is 0.960 bits per heavy atom. The van der Waals surface area contributed by atoms with Gasteiger partial charge in [0.25, 0.3) is 0 Å². The molecule has 0 aliphatic carbocycles. The Morgan fingerprint density at radius 2 is 1.76 bits per heavy atom.